The number of hydrogen-bond acceptors (Lipinski definition) is 4. The summed E-state index contributed by atoms with van der Waals surface area (Å²) < 4.78 is 0. The average molecular weight is 650 g/mol. The summed E-state index contributed by atoms with van der Waals surface area (Å²) in [5.74, 6) is -0.0603. The van der Waals surface area contributed by atoms with Crippen molar-refractivity contribution in [2.45, 2.75) is 69.9 Å². The Kier molecular flexibility index (Phi) is 10.7. The number of rotatable bonds is 10. The molecule has 1 unspecified atom stereocenters. The van der Waals surface area contributed by atoms with Crippen molar-refractivity contribution >= 4 is 46.6 Å². The van der Waals surface area contributed by atoms with Gasteiger partial charge in [-0.05, 0) is 85.4 Å². The monoisotopic (exact) mass is 648 g/mol. The van der Waals surface area contributed by atoms with Gasteiger partial charge in [-0.25, -0.2) is 0 Å². The van der Waals surface area contributed by atoms with E-state index in [0.29, 0.717) is 67.5 Å². The second-order valence-corrected chi connectivity index (χ2v) is 12.9. The van der Waals surface area contributed by atoms with Crippen LogP contribution in [0, 0.1) is 0 Å². The van der Waals surface area contributed by atoms with Crippen molar-refractivity contribution < 1.29 is 14.4 Å². The highest BCUT2D eigenvalue weighted by molar-refractivity contribution is 6.42. The van der Waals surface area contributed by atoms with E-state index in [1.54, 1.807) is 7.05 Å². The molecular formula is C36H42Cl2N4O3. The lowest BCUT2D eigenvalue weighted by atomic mass is 9.81. The molecule has 5 rings (SSSR count). The molecule has 0 bridgehead atoms. The minimum absolute atomic E-state index is 0.0549. The molecule has 9 heteroatoms. The number of amides is 3. The van der Waals surface area contributed by atoms with Gasteiger partial charge in [0.2, 0.25) is 11.8 Å². The number of carbonyl (C=O) groups is 3. The Balaban J connectivity index is 1.44. The van der Waals surface area contributed by atoms with Crippen molar-refractivity contribution in [3.8, 4) is 0 Å². The van der Waals surface area contributed by atoms with Gasteiger partial charge in [0, 0.05) is 50.9 Å². The van der Waals surface area contributed by atoms with E-state index in [1.165, 1.54) is 0 Å². The highest BCUT2D eigenvalue weighted by Gasteiger charge is 2.48. The van der Waals surface area contributed by atoms with Gasteiger partial charge in [-0.1, -0.05) is 72.6 Å². The molecule has 0 spiro atoms. The Morgan fingerprint density at radius 2 is 1.69 bits per heavy atom. The highest BCUT2D eigenvalue weighted by atomic mass is 35.5. The van der Waals surface area contributed by atoms with Crippen molar-refractivity contribution in [3.05, 3.63) is 99.0 Å². The molecule has 2 heterocycles. The van der Waals surface area contributed by atoms with E-state index in [0.717, 1.165) is 41.6 Å². The molecule has 238 valence electrons. The molecule has 3 aromatic rings. The first kappa shape index (κ1) is 32.8. The number of halogens is 2. The Morgan fingerprint density at radius 1 is 0.933 bits per heavy atom. The van der Waals surface area contributed by atoms with Gasteiger partial charge in [-0.15, -0.1) is 0 Å². The summed E-state index contributed by atoms with van der Waals surface area (Å²) in [5.41, 5.74) is 3.76. The second-order valence-electron chi connectivity index (χ2n) is 12.1. The summed E-state index contributed by atoms with van der Waals surface area (Å²) in [6.07, 6.45) is 4.73. The number of piperidine rings is 2. The lowest BCUT2D eigenvalue weighted by Crippen LogP contribution is -2.65. The molecule has 2 aliphatic rings. The largest absolute Gasteiger partial charge is 0.371 e. The lowest BCUT2D eigenvalue weighted by molar-refractivity contribution is -0.151. The SMILES string of the molecule is CCC(Cc1c(C(=O)NC)cccc1N1CCC(C(=O)NCc2ccccc2)(N2CCCCC2=O)CC1)c1ccc(Cl)c(Cl)c1. The van der Waals surface area contributed by atoms with Crippen LogP contribution in [0.5, 0.6) is 0 Å². The Hall–Kier alpha value is -3.55. The maximum atomic E-state index is 14.0. The van der Waals surface area contributed by atoms with E-state index >= 15 is 0 Å². The third-order valence-electron chi connectivity index (χ3n) is 9.47. The average Bonchev–Trinajstić information content (AvgIpc) is 3.07. The first-order chi connectivity index (χ1) is 21.8. The molecule has 2 aliphatic heterocycles. The third kappa shape index (κ3) is 7.15. The number of anilines is 1. The topological polar surface area (TPSA) is 81.8 Å². The summed E-state index contributed by atoms with van der Waals surface area (Å²) in [6, 6.07) is 21.5. The molecule has 2 saturated heterocycles. The van der Waals surface area contributed by atoms with E-state index < -0.39 is 5.54 Å². The van der Waals surface area contributed by atoms with Crippen LogP contribution in [0.3, 0.4) is 0 Å². The molecule has 0 aromatic heterocycles. The Morgan fingerprint density at radius 3 is 2.36 bits per heavy atom. The summed E-state index contributed by atoms with van der Waals surface area (Å²) >= 11 is 12.6. The summed E-state index contributed by atoms with van der Waals surface area (Å²) in [6.45, 7) is 4.30. The van der Waals surface area contributed by atoms with Crippen molar-refractivity contribution in [3.63, 3.8) is 0 Å². The van der Waals surface area contributed by atoms with Gasteiger partial charge in [0.1, 0.15) is 5.54 Å². The van der Waals surface area contributed by atoms with Gasteiger partial charge >= 0.3 is 0 Å². The number of benzene rings is 3. The minimum Gasteiger partial charge on any atom is -0.371 e. The zero-order valence-electron chi connectivity index (χ0n) is 26.1. The van der Waals surface area contributed by atoms with E-state index in [2.05, 4.69) is 28.5 Å². The van der Waals surface area contributed by atoms with Crippen molar-refractivity contribution in [2.75, 3.05) is 31.6 Å². The second kappa shape index (κ2) is 14.7. The summed E-state index contributed by atoms with van der Waals surface area (Å²) in [5, 5.41) is 6.99. The number of likely N-dealkylation sites (tertiary alicyclic amines) is 1. The van der Waals surface area contributed by atoms with E-state index in [4.69, 9.17) is 23.2 Å². The summed E-state index contributed by atoms with van der Waals surface area (Å²) in [7, 11) is 1.65. The van der Waals surface area contributed by atoms with Crippen molar-refractivity contribution in [1.82, 2.24) is 15.5 Å². The highest BCUT2D eigenvalue weighted by Crippen LogP contribution is 2.38. The predicted octanol–water partition coefficient (Wildman–Crippen LogP) is 6.76. The van der Waals surface area contributed by atoms with Crippen LogP contribution in [0.15, 0.2) is 66.7 Å². The molecule has 1 atom stereocenters. The standard InChI is InChI=1S/C36H42Cl2N4O3/c1-3-26(27-15-16-30(37)31(38)23-27)22-29-28(34(44)39-2)12-9-13-32(29)41-20-17-36(18-21-41,42-19-8-7-14-33(42)43)35(45)40-24-25-10-5-4-6-11-25/h4-6,9-13,15-16,23,26H,3,7-8,14,17-22,24H2,1-2H3,(H,39,44)(H,40,45). The van der Waals surface area contributed by atoms with Crippen LogP contribution in [-0.2, 0) is 22.6 Å². The quantitative estimate of drug-likeness (QED) is 0.255. The Labute approximate surface area is 276 Å². The van der Waals surface area contributed by atoms with Crippen LogP contribution in [-0.4, -0.2) is 54.8 Å². The normalized spacial score (nSPS) is 17.1. The van der Waals surface area contributed by atoms with Crippen LogP contribution >= 0.6 is 23.2 Å². The van der Waals surface area contributed by atoms with E-state index in [1.807, 2.05) is 65.6 Å². The smallest absolute Gasteiger partial charge is 0.251 e. The fourth-order valence-corrected chi connectivity index (χ4v) is 7.19. The number of nitrogens with zero attached hydrogens (tertiary/aromatic N) is 2. The molecule has 2 fully saturated rings. The van der Waals surface area contributed by atoms with Crippen LogP contribution in [0.25, 0.3) is 0 Å². The van der Waals surface area contributed by atoms with Crippen LogP contribution in [0.2, 0.25) is 10.0 Å². The zero-order valence-corrected chi connectivity index (χ0v) is 27.6. The molecular weight excluding hydrogens is 607 g/mol. The number of hydrogen-bond donors (Lipinski definition) is 2. The van der Waals surface area contributed by atoms with Gasteiger partial charge < -0.3 is 20.4 Å². The predicted molar refractivity (Wildman–Crippen MR) is 181 cm³/mol. The van der Waals surface area contributed by atoms with Crippen LogP contribution in [0.4, 0.5) is 5.69 Å². The fraction of sp³-hybridized carbons (Fsp3) is 0.417. The zero-order chi connectivity index (χ0) is 32.0. The molecule has 0 radical (unpaired) electrons. The number of nitrogens with one attached hydrogen (secondary N) is 2. The Bertz CT molecular complexity index is 1520. The van der Waals surface area contributed by atoms with Crippen molar-refractivity contribution in [1.29, 1.82) is 0 Å². The molecule has 45 heavy (non-hydrogen) atoms. The minimum atomic E-state index is -0.909. The van der Waals surface area contributed by atoms with E-state index in [-0.39, 0.29) is 23.6 Å². The third-order valence-corrected chi connectivity index (χ3v) is 10.2. The molecule has 3 amide bonds. The van der Waals surface area contributed by atoms with Crippen LogP contribution < -0.4 is 15.5 Å². The first-order valence-corrected chi connectivity index (χ1v) is 16.7. The molecule has 0 aliphatic carbocycles. The fourth-order valence-electron chi connectivity index (χ4n) is 6.88. The maximum Gasteiger partial charge on any atom is 0.251 e. The van der Waals surface area contributed by atoms with Crippen molar-refractivity contribution in [2.24, 2.45) is 0 Å². The van der Waals surface area contributed by atoms with Gasteiger partial charge in [-0.2, -0.15) is 0 Å². The lowest BCUT2D eigenvalue weighted by Gasteiger charge is -2.49. The molecule has 7 nitrogen and oxygen atoms in total. The van der Waals surface area contributed by atoms with Gasteiger partial charge in [0.15, 0.2) is 0 Å². The van der Waals surface area contributed by atoms with Gasteiger partial charge in [0.25, 0.3) is 5.91 Å². The number of carbonyl (C=O) groups excluding carboxylic acids is 3. The van der Waals surface area contributed by atoms with Gasteiger partial charge in [0.05, 0.1) is 10.0 Å². The maximum absolute atomic E-state index is 14.0. The molecule has 0 saturated carbocycles. The summed E-state index contributed by atoms with van der Waals surface area (Å²) in [4.78, 5) is 44.5. The van der Waals surface area contributed by atoms with Crippen LogP contribution in [0.1, 0.15) is 78.4 Å². The van der Waals surface area contributed by atoms with Gasteiger partial charge in [-0.3, -0.25) is 14.4 Å². The van der Waals surface area contributed by atoms with E-state index in [9.17, 15) is 14.4 Å². The molecule has 3 aromatic carbocycles. The first-order valence-electron chi connectivity index (χ1n) is 15.9. The molecule has 2 N–H and O–H groups in total.